The topological polar surface area (TPSA) is 81.7 Å². The molecule has 0 bridgehead atoms. The van der Waals surface area contributed by atoms with E-state index in [0.717, 1.165) is 0 Å². The summed E-state index contributed by atoms with van der Waals surface area (Å²) in [6.07, 6.45) is 0. The van der Waals surface area contributed by atoms with Crippen molar-refractivity contribution in [2.45, 2.75) is 11.8 Å². The fraction of sp³-hybridized carbons (Fsp3) is 0.188. The molecular formula is C16H15NO5S. The van der Waals surface area contributed by atoms with E-state index in [9.17, 15) is 13.2 Å². The van der Waals surface area contributed by atoms with Crippen molar-refractivity contribution < 1.29 is 22.7 Å². The van der Waals surface area contributed by atoms with Gasteiger partial charge >= 0.3 is 0 Å². The van der Waals surface area contributed by atoms with Gasteiger partial charge in [-0.25, -0.2) is 8.42 Å². The summed E-state index contributed by atoms with van der Waals surface area (Å²) in [5, 5.41) is 2.69. The molecule has 1 amide bonds. The van der Waals surface area contributed by atoms with Crippen molar-refractivity contribution >= 4 is 21.4 Å². The van der Waals surface area contributed by atoms with Crippen LogP contribution in [0.5, 0.6) is 11.5 Å². The highest BCUT2D eigenvalue weighted by Crippen LogP contribution is 2.34. The lowest BCUT2D eigenvalue weighted by Crippen LogP contribution is -2.17. The third kappa shape index (κ3) is 3.00. The van der Waals surface area contributed by atoms with Gasteiger partial charge in [-0.3, -0.25) is 4.79 Å². The Kier molecular flexibility index (Phi) is 3.96. The lowest BCUT2D eigenvalue weighted by molar-refractivity contribution is 0.102. The van der Waals surface area contributed by atoms with Gasteiger partial charge in [-0.15, -0.1) is 0 Å². The summed E-state index contributed by atoms with van der Waals surface area (Å²) in [5.74, 6) is 0.590. The molecular weight excluding hydrogens is 318 g/mol. The molecule has 1 N–H and O–H groups in total. The van der Waals surface area contributed by atoms with Gasteiger partial charge in [0.05, 0.1) is 16.2 Å². The maximum absolute atomic E-state index is 12.5. The summed E-state index contributed by atoms with van der Waals surface area (Å²) in [6, 6.07) is 11.1. The van der Waals surface area contributed by atoms with Crippen LogP contribution in [-0.4, -0.2) is 26.9 Å². The van der Waals surface area contributed by atoms with Crippen molar-refractivity contribution in [2.75, 3.05) is 17.9 Å². The Labute approximate surface area is 134 Å². The minimum atomic E-state index is -3.48. The number of hydrogen-bond donors (Lipinski definition) is 1. The van der Waals surface area contributed by atoms with E-state index in [2.05, 4.69) is 5.32 Å². The number of hydrogen-bond acceptors (Lipinski definition) is 5. The molecule has 1 aliphatic heterocycles. The number of anilines is 1. The van der Waals surface area contributed by atoms with Gasteiger partial charge in [0.2, 0.25) is 6.79 Å². The normalized spacial score (nSPS) is 12.9. The van der Waals surface area contributed by atoms with Gasteiger partial charge in [-0.1, -0.05) is 19.1 Å². The summed E-state index contributed by atoms with van der Waals surface area (Å²) in [7, 11) is -3.48. The molecule has 2 aromatic carbocycles. The zero-order chi connectivity index (χ0) is 16.4. The van der Waals surface area contributed by atoms with Gasteiger partial charge in [0, 0.05) is 11.8 Å². The second-order valence-electron chi connectivity index (χ2n) is 4.92. The number of carbonyl (C=O) groups excluding carboxylic acids is 1. The Morgan fingerprint density at radius 2 is 1.87 bits per heavy atom. The quantitative estimate of drug-likeness (QED) is 0.929. The molecule has 1 aliphatic rings. The predicted molar refractivity (Wildman–Crippen MR) is 84.7 cm³/mol. The molecule has 120 valence electrons. The molecule has 7 heteroatoms. The first-order valence-corrected chi connectivity index (χ1v) is 8.69. The van der Waals surface area contributed by atoms with Gasteiger partial charge < -0.3 is 14.8 Å². The zero-order valence-electron chi connectivity index (χ0n) is 12.4. The molecule has 0 aliphatic carbocycles. The average molecular weight is 333 g/mol. The summed E-state index contributed by atoms with van der Waals surface area (Å²) in [5.41, 5.74) is 0.620. The largest absolute Gasteiger partial charge is 0.454 e. The van der Waals surface area contributed by atoms with E-state index in [0.29, 0.717) is 17.2 Å². The monoisotopic (exact) mass is 333 g/mol. The van der Waals surface area contributed by atoms with Crippen LogP contribution in [0.2, 0.25) is 0 Å². The summed E-state index contributed by atoms with van der Waals surface area (Å²) in [6.45, 7) is 1.69. The van der Waals surface area contributed by atoms with Crippen LogP contribution in [0.25, 0.3) is 0 Å². The Morgan fingerprint density at radius 1 is 1.13 bits per heavy atom. The molecule has 0 atom stereocenters. The van der Waals surface area contributed by atoms with Crippen LogP contribution in [0.1, 0.15) is 17.3 Å². The number of carbonyl (C=O) groups is 1. The molecule has 0 unspecified atom stereocenters. The molecule has 1 heterocycles. The molecule has 23 heavy (non-hydrogen) atoms. The van der Waals surface area contributed by atoms with E-state index < -0.39 is 15.7 Å². The molecule has 0 saturated heterocycles. The lowest BCUT2D eigenvalue weighted by Gasteiger charge is -2.10. The van der Waals surface area contributed by atoms with E-state index in [1.54, 1.807) is 37.3 Å². The number of rotatable bonds is 4. The first-order chi connectivity index (χ1) is 11.0. The fourth-order valence-electron chi connectivity index (χ4n) is 2.25. The summed E-state index contributed by atoms with van der Waals surface area (Å²) >= 11 is 0. The Bertz CT molecular complexity index is 861. The number of sulfone groups is 1. The second-order valence-corrected chi connectivity index (χ2v) is 7.17. The van der Waals surface area contributed by atoms with Crippen molar-refractivity contribution in [1.82, 2.24) is 0 Å². The highest BCUT2D eigenvalue weighted by atomic mass is 32.2. The average Bonchev–Trinajstić information content (AvgIpc) is 3.02. The van der Waals surface area contributed by atoms with Crippen LogP contribution >= 0.6 is 0 Å². The maximum atomic E-state index is 12.5. The first-order valence-electron chi connectivity index (χ1n) is 7.04. The van der Waals surface area contributed by atoms with Crippen LogP contribution in [0.3, 0.4) is 0 Å². The van der Waals surface area contributed by atoms with Crippen molar-refractivity contribution in [3.05, 3.63) is 48.0 Å². The van der Waals surface area contributed by atoms with Crippen LogP contribution in [0, 0.1) is 0 Å². The van der Waals surface area contributed by atoms with E-state index in [4.69, 9.17) is 9.47 Å². The van der Waals surface area contributed by atoms with Crippen molar-refractivity contribution in [1.29, 1.82) is 0 Å². The molecule has 0 fully saturated rings. The summed E-state index contributed by atoms with van der Waals surface area (Å²) in [4.78, 5) is 12.5. The van der Waals surface area contributed by atoms with Crippen LogP contribution in [0.15, 0.2) is 47.4 Å². The van der Waals surface area contributed by atoms with Crippen LogP contribution in [0.4, 0.5) is 5.69 Å². The minimum absolute atomic E-state index is 0.0285. The first kappa shape index (κ1) is 15.4. The highest BCUT2D eigenvalue weighted by Gasteiger charge is 2.21. The Morgan fingerprint density at radius 3 is 2.65 bits per heavy atom. The molecule has 6 nitrogen and oxygen atoms in total. The fourth-order valence-corrected chi connectivity index (χ4v) is 3.35. The predicted octanol–water partition coefficient (Wildman–Crippen LogP) is 2.46. The SMILES string of the molecule is CCS(=O)(=O)c1ccccc1C(=O)Nc1ccc2c(c1)OCO2. The molecule has 0 spiro atoms. The van der Waals surface area contributed by atoms with Crippen LogP contribution < -0.4 is 14.8 Å². The number of ether oxygens (including phenoxy) is 2. The minimum Gasteiger partial charge on any atom is -0.454 e. The second kappa shape index (κ2) is 5.92. The Hall–Kier alpha value is -2.54. The van der Waals surface area contributed by atoms with Crippen molar-refractivity contribution in [2.24, 2.45) is 0 Å². The smallest absolute Gasteiger partial charge is 0.256 e. The standard InChI is InChI=1S/C16H15NO5S/c1-2-23(19,20)15-6-4-3-5-12(15)16(18)17-11-7-8-13-14(9-11)22-10-21-13/h3-9H,2,10H2,1H3,(H,17,18). The van der Waals surface area contributed by atoms with E-state index in [1.165, 1.54) is 12.1 Å². The van der Waals surface area contributed by atoms with E-state index >= 15 is 0 Å². The van der Waals surface area contributed by atoms with Crippen molar-refractivity contribution in [3.63, 3.8) is 0 Å². The van der Waals surface area contributed by atoms with Gasteiger partial charge in [-0.2, -0.15) is 0 Å². The number of benzene rings is 2. The number of nitrogens with one attached hydrogen (secondary N) is 1. The van der Waals surface area contributed by atoms with Gasteiger partial charge in [0.25, 0.3) is 5.91 Å². The van der Waals surface area contributed by atoms with E-state index in [1.807, 2.05) is 0 Å². The third-order valence-electron chi connectivity index (χ3n) is 3.48. The maximum Gasteiger partial charge on any atom is 0.256 e. The molecule has 2 aromatic rings. The summed E-state index contributed by atoms with van der Waals surface area (Å²) < 4.78 is 34.7. The van der Waals surface area contributed by atoms with Crippen LogP contribution in [-0.2, 0) is 9.84 Å². The van der Waals surface area contributed by atoms with Gasteiger partial charge in [0.1, 0.15) is 0 Å². The van der Waals surface area contributed by atoms with Crippen molar-refractivity contribution in [3.8, 4) is 11.5 Å². The van der Waals surface area contributed by atoms with Gasteiger partial charge in [-0.05, 0) is 24.3 Å². The third-order valence-corrected chi connectivity index (χ3v) is 5.26. The number of amides is 1. The molecule has 3 rings (SSSR count). The molecule has 0 aromatic heterocycles. The lowest BCUT2D eigenvalue weighted by atomic mass is 10.2. The highest BCUT2D eigenvalue weighted by molar-refractivity contribution is 7.91. The Balaban J connectivity index is 1.90. The zero-order valence-corrected chi connectivity index (χ0v) is 13.2. The van der Waals surface area contributed by atoms with E-state index in [-0.39, 0.29) is 23.0 Å². The molecule has 0 saturated carbocycles. The molecule has 0 radical (unpaired) electrons. The van der Waals surface area contributed by atoms with Gasteiger partial charge in [0.15, 0.2) is 21.3 Å². The number of fused-ring (bicyclic) bond motifs is 1.